The number of nitrogens with one attached hydrogen (secondary N) is 1. The average Bonchev–Trinajstić information content (AvgIpc) is 2.35. The fourth-order valence-corrected chi connectivity index (χ4v) is 4.15. The van der Waals surface area contributed by atoms with Crippen molar-refractivity contribution in [3.63, 3.8) is 0 Å². The number of fused-ring (bicyclic) bond motifs is 1. The van der Waals surface area contributed by atoms with Crippen molar-refractivity contribution >= 4 is 11.8 Å². The van der Waals surface area contributed by atoms with Gasteiger partial charge in [0.15, 0.2) is 0 Å². The molecule has 0 fully saturated rings. The summed E-state index contributed by atoms with van der Waals surface area (Å²) in [5.41, 5.74) is 4.45. The van der Waals surface area contributed by atoms with Crippen LogP contribution in [-0.2, 0) is 5.75 Å². The van der Waals surface area contributed by atoms with Crippen LogP contribution in [0.5, 0.6) is 0 Å². The van der Waals surface area contributed by atoms with E-state index in [0.717, 1.165) is 12.5 Å². The molecule has 1 heterocycles. The number of thioether (sulfide) groups is 1. The van der Waals surface area contributed by atoms with Gasteiger partial charge in [0.1, 0.15) is 0 Å². The van der Waals surface area contributed by atoms with E-state index in [2.05, 4.69) is 63.0 Å². The molecule has 2 heteroatoms. The van der Waals surface area contributed by atoms with E-state index in [4.69, 9.17) is 0 Å². The number of rotatable bonds is 4. The van der Waals surface area contributed by atoms with E-state index in [1.807, 2.05) is 0 Å². The smallest absolute Gasteiger partial charge is 0.0446 e. The quantitative estimate of drug-likeness (QED) is 0.869. The number of hydrogen-bond donors (Lipinski definition) is 1. The molecule has 1 aliphatic rings. The van der Waals surface area contributed by atoms with E-state index in [9.17, 15) is 0 Å². The Bertz CT molecular complexity index is 400. The number of aryl methyl sites for hydroxylation is 1. The molecule has 100 valence electrons. The molecule has 0 spiro atoms. The summed E-state index contributed by atoms with van der Waals surface area (Å²) in [5.74, 6) is 1.89. The van der Waals surface area contributed by atoms with Crippen LogP contribution < -0.4 is 5.32 Å². The highest BCUT2D eigenvalue weighted by Crippen LogP contribution is 2.41. The van der Waals surface area contributed by atoms with Gasteiger partial charge in [0, 0.05) is 17.0 Å². The van der Waals surface area contributed by atoms with Gasteiger partial charge >= 0.3 is 0 Å². The summed E-state index contributed by atoms with van der Waals surface area (Å²) in [5, 5.41) is 4.47. The lowest BCUT2D eigenvalue weighted by atomic mass is 9.91. The van der Waals surface area contributed by atoms with E-state index in [-0.39, 0.29) is 0 Å². The molecule has 0 amide bonds. The molecule has 2 atom stereocenters. The minimum Gasteiger partial charge on any atom is -0.309 e. The zero-order valence-electron chi connectivity index (χ0n) is 12.0. The normalized spacial score (nSPS) is 23.2. The Labute approximate surface area is 116 Å². The van der Waals surface area contributed by atoms with E-state index in [1.54, 1.807) is 5.56 Å². The van der Waals surface area contributed by atoms with Crippen molar-refractivity contribution in [1.82, 2.24) is 5.32 Å². The fraction of sp³-hybridized carbons (Fsp3) is 0.625. The highest BCUT2D eigenvalue weighted by atomic mass is 32.2. The van der Waals surface area contributed by atoms with Crippen molar-refractivity contribution in [2.24, 2.45) is 5.92 Å². The van der Waals surface area contributed by atoms with Gasteiger partial charge in [-0.05, 0) is 36.9 Å². The Morgan fingerprint density at radius 2 is 2.17 bits per heavy atom. The summed E-state index contributed by atoms with van der Waals surface area (Å²) in [7, 11) is 0. The standard InChI is InChI=1S/C16H25NS/c1-5-8-17-15-14-9-12(4)6-7-13(14)10-18-16(15)11(2)3/h6-7,9,11,15-17H,5,8,10H2,1-4H3. The Hall–Kier alpha value is -0.470. The second kappa shape index (κ2) is 6.12. The Balaban J connectivity index is 2.31. The maximum absolute atomic E-state index is 3.77. The summed E-state index contributed by atoms with van der Waals surface area (Å²) in [4.78, 5) is 0. The minimum atomic E-state index is 0.526. The average molecular weight is 263 g/mol. The molecule has 2 unspecified atom stereocenters. The first-order valence-electron chi connectivity index (χ1n) is 7.08. The van der Waals surface area contributed by atoms with E-state index < -0.39 is 0 Å². The Kier molecular flexibility index (Phi) is 4.74. The predicted octanol–water partition coefficient (Wildman–Crippen LogP) is 4.31. The zero-order chi connectivity index (χ0) is 13.1. The third kappa shape index (κ3) is 2.92. The van der Waals surface area contributed by atoms with Crippen LogP contribution in [0.4, 0.5) is 0 Å². The summed E-state index contributed by atoms with van der Waals surface area (Å²) in [6.45, 7) is 10.2. The first kappa shape index (κ1) is 14.0. The van der Waals surface area contributed by atoms with Crippen LogP contribution in [0.3, 0.4) is 0 Å². The first-order valence-corrected chi connectivity index (χ1v) is 8.12. The maximum atomic E-state index is 3.77. The summed E-state index contributed by atoms with van der Waals surface area (Å²) in [6.07, 6.45) is 1.20. The third-order valence-corrected chi connectivity index (χ3v) is 5.35. The van der Waals surface area contributed by atoms with Gasteiger partial charge in [0.05, 0.1) is 0 Å². The molecule has 1 nitrogen and oxygen atoms in total. The number of benzene rings is 1. The molecule has 1 aromatic rings. The second-order valence-corrected chi connectivity index (χ2v) is 6.82. The van der Waals surface area contributed by atoms with Crippen molar-refractivity contribution < 1.29 is 0 Å². The third-order valence-electron chi connectivity index (χ3n) is 3.67. The van der Waals surface area contributed by atoms with Crippen LogP contribution in [-0.4, -0.2) is 11.8 Å². The van der Waals surface area contributed by atoms with Crippen molar-refractivity contribution in [2.45, 2.75) is 51.2 Å². The summed E-state index contributed by atoms with van der Waals surface area (Å²) >= 11 is 2.12. The van der Waals surface area contributed by atoms with Gasteiger partial charge in [0.2, 0.25) is 0 Å². The maximum Gasteiger partial charge on any atom is 0.0446 e. The highest BCUT2D eigenvalue weighted by molar-refractivity contribution is 7.99. The van der Waals surface area contributed by atoms with Crippen LogP contribution in [0.2, 0.25) is 0 Å². The van der Waals surface area contributed by atoms with Crippen molar-refractivity contribution in [2.75, 3.05) is 6.54 Å². The monoisotopic (exact) mass is 263 g/mol. The largest absolute Gasteiger partial charge is 0.309 e. The first-order chi connectivity index (χ1) is 8.63. The SMILES string of the molecule is CCCNC1c2cc(C)ccc2CSC1C(C)C. The van der Waals surface area contributed by atoms with Gasteiger partial charge in [-0.3, -0.25) is 0 Å². The zero-order valence-corrected chi connectivity index (χ0v) is 12.8. The van der Waals surface area contributed by atoms with Crippen LogP contribution in [0, 0.1) is 12.8 Å². The molecule has 1 aliphatic heterocycles. The lowest BCUT2D eigenvalue weighted by Gasteiger charge is -2.36. The molecule has 0 bridgehead atoms. The predicted molar refractivity (Wildman–Crippen MR) is 82.1 cm³/mol. The Morgan fingerprint density at radius 1 is 1.39 bits per heavy atom. The molecule has 2 rings (SSSR count). The molecular formula is C16H25NS. The van der Waals surface area contributed by atoms with Crippen LogP contribution in [0.15, 0.2) is 18.2 Å². The van der Waals surface area contributed by atoms with Crippen molar-refractivity contribution in [3.05, 3.63) is 34.9 Å². The second-order valence-electron chi connectivity index (χ2n) is 5.65. The summed E-state index contributed by atoms with van der Waals surface area (Å²) in [6, 6.07) is 7.47. The molecule has 0 aliphatic carbocycles. The van der Waals surface area contributed by atoms with E-state index >= 15 is 0 Å². The van der Waals surface area contributed by atoms with Gasteiger partial charge in [-0.1, -0.05) is 44.5 Å². The van der Waals surface area contributed by atoms with Gasteiger partial charge < -0.3 is 5.32 Å². The topological polar surface area (TPSA) is 12.0 Å². The highest BCUT2D eigenvalue weighted by Gasteiger charge is 2.31. The molecule has 0 radical (unpaired) electrons. The van der Waals surface area contributed by atoms with Gasteiger partial charge in [-0.2, -0.15) is 11.8 Å². The lowest BCUT2D eigenvalue weighted by molar-refractivity contribution is 0.438. The van der Waals surface area contributed by atoms with Crippen molar-refractivity contribution in [3.8, 4) is 0 Å². The van der Waals surface area contributed by atoms with E-state index in [1.165, 1.54) is 23.3 Å². The fourth-order valence-electron chi connectivity index (χ4n) is 2.70. The minimum absolute atomic E-state index is 0.526. The summed E-state index contributed by atoms with van der Waals surface area (Å²) < 4.78 is 0. The Morgan fingerprint density at radius 3 is 2.83 bits per heavy atom. The van der Waals surface area contributed by atoms with Gasteiger partial charge in [0.25, 0.3) is 0 Å². The van der Waals surface area contributed by atoms with E-state index in [0.29, 0.717) is 11.3 Å². The molecule has 1 N–H and O–H groups in total. The molecule has 18 heavy (non-hydrogen) atoms. The number of hydrogen-bond acceptors (Lipinski definition) is 2. The molecule has 0 saturated heterocycles. The van der Waals surface area contributed by atoms with Gasteiger partial charge in [-0.25, -0.2) is 0 Å². The van der Waals surface area contributed by atoms with Crippen molar-refractivity contribution in [1.29, 1.82) is 0 Å². The lowest BCUT2D eigenvalue weighted by Crippen LogP contribution is -2.36. The van der Waals surface area contributed by atoms with Crippen LogP contribution in [0.1, 0.15) is 49.9 Å². The molecule has 0 aromatic heterocycles. The van der Waals surface area contributed by atoms with Crippen LogP contribution in [0.25, 0.3) is 0 Å². The molecule has 0 saturated carbocycles. The van der Waals surface area contributed by atoms with Gasteiger partial charge in [-0.15, -0.1) is 0 Å². The van der Waals surface area contributed by atoms with Crippen LogP contribution >= 0.6 is 11.8 Å². The molecular weight excluding hydrogens is 238 g/mol. The molecule has 1 aromatic carbocycles.